The van der Waals surface area contributed by atoms with Crippen molar-refractivity contribution in [3.63, 3.8) is 0 Å². The largest absolute Gasteiger partial charge is 0.450 e. The summed E-state index contributed by atoms with van der Waals surface area (Å²) in [6, 6.07) is 8.85. The number of benzene rings is 2. The summed E-state index contributed by atoms with van der Waals surface area (Å²) in [4.78, 5) is 11.7. The fourth-order valence-electron chi connectivity index (χ4n) is 2.40. The zero-order chi connectivity index (χ0) is 21.7. The quantitative estimate of drug-likeness (QED) is 0.665. The van der Waals surface area contributed by atoms with E-state index in [1.807, 2.05) is 0 Å². The first-order valence-corrected chi connectivity index (χ1v) is 10.0. The van der Waals surface area contributed by atoms with E-state index < -0.39 is 40.6 Å². The van der Waals surface area contributed by atoms with E-state index in [0.717, 1.165) is 23.8 Å². The number of hydrogen-bond donors (Lipinski definition) is 1. The summed E-state index contributed by atoms with van der Waals surface area (Å²) >= 11 is 0. The van der Waals surface area contributed by atoms with Gasteiger partial charge < -0.3 is 10.1 Å². The summed E-state index contributed by atoms with van der Waals surface area (Å²) in [7, 11) is -4.18. The van der Waals surface area contributed by atoms with Crippen LogP contribution in [0.15, 0.2) is 53.4 Å². The summed E-state index contributed by atoms with van der Waals surface area (Å²) in [5.41, 5.74) is -0.0752. The first kappa shape index (κ1) is 22.7. The van der Waals surface area contributed by atoms with Crippen molar-refractivity contribution in [2.75, 3.05) is 13.2 Å². The first-order chi connectivity index (χ1) is 13.5. The van der Waals surface area contributed by atoms with Gasteiger partial charge in [-0.25, -0.2) is 4.79 Å². The maximum absolute atomic E-state index is 13.0. The van der Waals surface area contributed by atoms with Crippen molar-refractivity contribution >= 4 is 16.2 Å². The van der Waals surface area contributed by atoms with Crippen LogP contribution in [-0.2, 0) is 25.2 Å². The second kappa shape index (κ2) is 9.27. The molecule has 0 aliphatic rings. The lowest BCUT2D eigenvalue weighted by atomic mass is 10.0. The number of alkyl carbamates (subject to hydrolysis) is 1. The molecule has 0 aromatic heterocycles. The number of halogens is 3. The molecular formula is C19H20F3NO5S. The third kappa shape index (κ3) is 6.47. The van der Waals surface area contributed by atoms with Crippen LogP contribution in [-0.4, -0.2) is 27.7 Å². The van der Waals surface area contributed by atoms with Crippen LogP contribution in [0.1, 0.15) is 29.7 Å². The Morgan fingerprint density at radius 2 is 1.79 bits per heavy atom. The summed E-state index contributed by atoms with van der Waals surface area (Å²) in [5.74, 6) is 0. The zero-order valence-electron chi connectivity index (χ0n) is 15.7. The molecule has 0 heterocycles. The SMILES string of the molecule is CCOC(=O)NC(COS(=O)(=O)c1ccc(C)cc1)c1cccc(C(F)(F)F)c1. The van der Waals surface area contributed by atoms with Crippen molar-refractivity contribution in [2.45, 2.75) is 31.0 Å². The number of nitrogens with one attached hydrogen (secondary N) is 1. The van der Waals surface area contributed by atoms with Gasteiger partial charge in [-0.15, -0.1) is 0 Å². The molecule has 0 radical (unpaired) electrons. The maximum atomic E-state index is 13.0. The van der Waals surface area contributed by atoms with Gasteiger partial charge in [-0.05, 0) is 43.7 Å². The van der Waals surface area contributed by atoms with Gasteiger partial charge in [0, 0.05) is 0 Å². The standard InChI is InChI=1S/C19H20F3NO5S/c1-3-27-18(24)23-17(14-5-4-6-15(11-14)19(20,21)22)12-28-29(25,26)16-9-7-13(2)8-10-16/h4-11,17H,3,12H2,1-2H3,(H,23,24). The minimum Gasteiger partial charge on any atom is -0.450 e. The molecule has 2 rings (SSSR count). The molecule has 0 aliphatic carbocycles. The van der Waals surface area contributed by atoms with E-state index in [1.54, 1.807) is 26.0 Å². The van der Waals surface area contributed by atoms with Crippen molar-refractivity contribution in [3.8, 4) is 0 Å². The molecule has 0 saturated carbocycles. The second-order valence-corrected chi connectivity index (χ2v) is 7.71. The molecule has 158 valence electrons. The number of carbonyl (C=O) groups is 1. The van der Waals surface area contributed by atoms with E-state index in [0.29, 0.717) is 0 Å². The van der Waals surface area contributed by atoms with E-state index >= 15 is 0 Å². The Bertz CT molecular complexity index is 943. The molecule has 0 bridgehead atoms. The van der Waals surface area contributed by atoms with Crippen LogP contribution in [0, 0.1) is 6.92 Å². The Labute approximate surface area is 166 Å². The number of amides is 1. The van der Waals surface area contributed by atoms with Crippen molar-refractivity contribution < 1.29 is 35.3 Å². The van der Waals surface area contributed by atoms with E-state index in [4.69, 9.17) is 8.92 Å². The molecule has 1 amide bonds. The summed E-state index contributed by atoms with van der Waals surface area (Å²) in [5, 5.41) is 2.33. The molecule has 2 aromatic rings. The van der Waals surface area contributed by atoms with Crippen molar-refractivity contribution in [1.29, 1.82) is 0 Å². The Hall–Kier alpha value is -2.59. The monoisotopic (exact) mass is 431 g/mol. The van der Waals surface area contributed by atoms with Crippen molar-refractivity contribution in [1.82, 2.24) is 5.32 Å². The predicted octanol–water partition coefficient (Wildman–Crippen LogP) is 4.21. The highest BCUT2D eigenvalue weighted by Gasteiger charge is 2.31. The lowest BCUT2D eigenvalue weighted by molar-refractivity contribution is -0.137. The molecule has 0 aliphatic heterocycles. The van der Waals surface area contributed by atoms with Crippen molar-refractivity contribution in [3.05, 3.63) is 65.2 Å². The number of ether oxygens (including phenoxy) is 1. The van der Waals surface area contributed by atoms with Crippen LogP contribution in [0.5, 0.6) is 0 Å². The lowest BCUT2D eigenvalue weighted by Gasteiger charge is -2.20. The highest BCUT2D eigenvalue weighted by molar-refractivity contribution is 7.86. The highest BCUT2D eigenvalue weighted by atomic mass is 32.2. The van der Waals surface area contributed by atoms with Crippen LogP contribution in [0.3, 0.4) is 0 Å². The van der Waals surface area contributed by atoms with Crippen LogP contribution >= 0.6 is 0 Å². The van der Waals surface area contributed by atoms with E-state index in [1.165, 1.54) is 18.2 Å². The maximum Gasteiger partial charge on any atom is 0.416 e. The molecule has 1 atom stereocenters. The van der Waals surface area contributed by atoms with Gasteiger partial charge in [0.2, 0.25) is 0 Å². The highest BCUT2D eigenvalue weighted by Crippen LogP contribution is 2.31. The van der Waals surface area contributed by atoms with Gasteiger partial charge >= 0.3 is 12.3 Å². The molecule has 10 heteroatoms. The Kier molecular flexibility index (Phi) is 7.26. The van der Waals surface area contributed by atoms with Crippen molar-refractivity contribution in [2.24, 2.45) is 0 Å². The number of carbonyl (C=O) groups excluding carboxylic acids is 1. The van der Waals surface area contributed by atoms with Crippen LogP contribution < -0.4 is 5.32 Å². The topological polar surface area (TPSA) is 81.7 Å². The van der Waals surface area contributed by atoms with Crippen LogP contribution in [0.4, 0.5) is 18.0 Å². The van der Waals surface area contributed by atoms with Gasteiger partial charge in [0.15, 0.2) is 0 Å². The number of aryl methyl sites for hydroxylation is 1. The van der Waals surface area contributed by atoms with Gasteiger partial charge in [-0.3, -0.25) is 4.18 Å². The van der Waals surface area contributed by atoms with E-state index in [-0.39, 0.29) is 17.1 Å². The minimum absolute atomic E-state index is 0.0204. The Morgan fingerprint density at radius 3 is 2.38 bits per heavy atom. The first-order valence-electron chi connectivity index (χ1n) is 8.59. The third-order valence-electron chi connectivity index (χ3n) is 3.88. The van der Waals surface area contributed by atoms with Gasteiger partial charge in [0.1, 0.15) is 0 Å². The average Bonchev–Trinajstić information content (AvgIpc) is 2.65. The van der Waals surface area contributed by atoms with Gasteiger partial charge in [-0.2, -0.15) is 21.6 Å². The predicted molar refractivity (Wildman–Crippen MR) is 98.7 cm³/mol. The number of hydrogen-bond acceptors (Lipinski definition) is 5. The van der Waals surface area contributed by atoms with E-state index in [2.05, 4.69) is 5.32 Å². The molecule has 0 fully saturated rings. The van der Waals surface area contributed by atoms with E-state index in [9.17, 15) is 26.4 Å². The molecule has 2 aromatic carbocycles. The molecule has 1 unspecified atom stereocenters. The molecule has 0 saturated heterocycles. The van der Waals surface area contributed by atoms with Gasteiger partial charge in [0.25, 0.3) is 10.1 Å². The lowest BCUT2D eigenvalue weighted by Crippen LogP contribution is -2.33. The fraction of sp³-hybridized carbons (Fsp3) is 0.316. The van der Waals surface area contributed by atoms with Crippen LogP contribution in [0.25, 0.3) is 0 Å². The summed E-state index contributed by atoms with van der Waals surface area (Å²) < 4.78 is 73.5. The molecule has 29 heavy (non-hydrogen) atoms. The fourth-order valence-corrected chi connectivity index (χ4v) is 3.32. The smallest absolute Gasteiger partial charge is 0.416 e. The minimum atomic E-state index is -4.60. The Morgan fingerprint density at radius 1 is 1.14 bits per heavy atom. The molecule has 0 spiro atoms. The molecule has 1 N–H and O–H groups in total. The zero-order valence-corrected chi connectivity index (χ0v) is 16.5. The number of alkyl halides is 3. The molecular weight excluding hydrogens is 411 g/mol. The average molecular weight is 431 g/mol. The van der Waals surface area contributed by atoms with Gasteiger partial charge in [0.05, 0.1) is 29.7 Å². The normalized spacial score (nSPS) is 13.0. The second-order valence-electron chi connectivity index (χ2n) is 6.09. The third-order valence-corrected chi connectivity index (χ3v) is 5.18. The van der Waals surface area contributed by atoms with Crippen LogP contribution in [0.2, 0.25) is 0 Å². The Balaban J connectivity index is 2.27. The number of rotatable bonds is 7. The van der Waals surface area contributed by atoms with Gasteiger partial charge in [-0.1, -0.05) is 29.8 Å². The summed E-state index contributed by atoms with van der Waals surface area (Å²) in [6.45, 7) is 2.75. The summed E-state index contributed by atoms with van der Waals surface area (Å²) in [6.07, 6.45) is -5.51. The molecule has 6 nitrogen and oxygen atoms in total.